The molecule has 7 heteroatoms. The van der Waals surface area contributed by atoms with Crippen LogP contribution in [0.25, 0.3) is 12.2 Å². The first kappa shape index (κ1) is 15.2. The summed E-state index contributed by atoms with van der Waals surface area (Å²) in [6.45, 7) is 0.230. The Hall–Kier alpha value is -3.22. The van der Waals surface area contributed by atoms with Crippen LogP contribution >= 0.6 is 0 Å². The molecule has 2 N–H and O–H groups in total. The number of aromatic nitrogens is 1. The van der Waals surface area contributed by atoms with Gasteiger partial charge in [-0.05, 0) is 39.2 Å². The maximum absolute atomic E-state index is 10.9. The molecule has 2 aromatic rings. The summed E-state index contributed by atoms with van der Waals surface area (Å²) >= 11 is 0. The van der Waals surface area contributed by atoms with Crippen LogP contribution in [0.3, 0.4) is 0 Å². The fourth-order valence-corrected chi connectivity index (χ4v) is 1.80. The standard InChI is InChI=1S/C15H13N3O4/c19-15(20)17-10-12-5-3-11(4-6-12)7-8-13-2-1-9-16-14(13)18(21)22/h1-9,17H,10H2,(H,19,20). The first-order chi connectivity index (χ1) is 10.6. The summed E-state index contributed by atoms with van der Waals surface area (Å²) in [4.78, 5) is 24.5. The Morgan fingerprint density at radius 3 is 2.64 bits per heavy atom. The third-order valence-electron chi connectivity index (χ3n) is 2.87. The number of nitrogens with zero attached hydrogens (tertiary/aromatic N) is 2. The van der Waals surface area contributed by atoms with Crippen molar-refractivity contribution in [3.63, 3.8) is 0 Å². The van der Waals surface area contributed by atoms with Gasteiger partial charge in [0.1, 0.15) is 6.20 Å². The molecule has 1 aromatic carbocycles. The number of nitrogens with one attached hydrogen (secondary N) is 1. The number of amides is 1. The maximum atomic E-state index is 10.9. The number of carbonyl (C=O) groups is 1. The van der Waals surface area contributed by atoms with Crippen molar-refractivity contribution < 1.29 is 14.8 Å². The SMILES string of the molecule is O=C(O)NCc1ccc(C=Cc2cccnc2[N+](=O)[O-])cc1. The summed E-state index contributed by atoms with van der Waals surface area (Å²) in [5.74, 6) is -0.193. The van der Waals surface area contributed by atoms with Gasteiger partial charge in [0.15, 0.2) is 0 Å². The Morgan fingerprint density at radius 2 is 2.00 bits per heavy atom. The number of pyridine rings is 1. The Labute approximate surface area is 126 Å². The fraction of sp³-hybridized carbons (Fsp3) is 0.0667. The van der Waals surface area contributed by atoms with E-state index >= 15 is 0 Å². The highest BCUT2D eigenvalue weighted by Crippen LogP contribution is 2.17. The van der Waals surface area contributed by atoms with Crippen molar-refractivity contribution in [2.45, 2.75) is 6.54 Å². The largest absolute Gasteiger partial charge is 0.465 e. The highest BCUT2D eigenvalue weighted by atomic mass is 16.6. The molecule has 1 heterocycles. The van der Waals surface area contributed by atoms with Gasteiger partial charge in [-0.15, -0.1) is 0 Å². The van der Waals surface area contributed by atoms with Crippen molar-refractivity contribution in [2.75, 3.05) is 0 Å². The zero-order valence-electron chi connectivity index (χ0n) is 11.5. The minimum atomic E-state index is -1.08. The number of carboxylic acid groups (broad SMARTS) is 1. The third kappa shape index (κ3) is 4.14. The van der Waals surface area contributed by atoms with E-state index in [9.17, 15) is 14.9 Å². The molecule has 0 atom stereocenters. The van der Waals surface area contributed by atoms with Gasteiger partial charge in [-0.1, -0.05) is 30.3 Å². The van der Waals surface area contributed by atoms with E-state index in [-0.39, 0.29) is 12.4 Å². The predicted molar refractivity (Wildman–Crippen MR) is 81.1 cm³/mol. The quantitative estimate of drug-likeness (QED) is 0.652. The second-order valence-electron chi connectivity index (χ2n) is 4.41. The van der Waals surface area contributed by atoms with Gasteiger partial charge in [-0.25, -0.2) is 4.79 Å². The topological polar surface area (TPSA) is 105 Å². The zero-order valence-corrected chi connectivity index (χ0v) is 11.5. The van der Waals surface area contributed by atoms with E-state index < -0.39 is 11.0 Å². The van der Waals surface area contributed by atoms with Crippen LogP contribution in [0, 0.1) is 10.1 Å². The van der Waals surface area contributed by atoms with E-state index in [0.717, 1.165) is 11.1 Å². The van der Waals surface area contributed by atoms with E-state index in [1.54, 1.807) is 48.6 Å². The molecule has 1 aromatic heterocycles. The van der Waals surface area contributed by atoms with Gasteiger partial charge in [0.05, 0.1) is 5.56 Å². The van der Waals surface area contributed by atoms with Gasteiger partial charge in [0, 0.05) is 6.54 Å². The summed E-state index contributed by atoms with van der Waals surface area (Å²) in [5.41, 5.74) is 2.09. The van der Waals surface area contributed by atoms with Crippen molar-refractivity contribution in [3.8, 4) is 0 Å². The summed E-state index contributed by atoms with van der Waals surface area (Å²) in [5, 5.41) is 21.7. The molecule has 1 amide bonds. The van der Waals surface area contributed by atoms with Crippen LogP contribution in [-0.4, -0.2) is 21.1 Å². The second kappa shape index (κ2) is 6.98. The highest BCUT2D eigenvalue weighted by Gasteiger charge is 2.10. The maximum Gasteiger partial charge on any atom is 0.404 e. The minimum Gasteiger partial charge on any atom is -0.465 e. The van der Waals surface area contributed by atoms with Crippen LogP contribution in [-0.2, 0) is 6.54 Å². The molecule has 7 nitrogen and oxygen atoms in total. The molecular weight excluding hydrogens is 286 g/mol. The smallest absolute Gasteiger partial charge is 0.404 e. The van der Waals surface area contributed by atoms with Crippen LogP contribution in [0.4, 0.5) is 10.6 Å². The van der Waals surface area contributed by atoms with E-state index in [4.69, 9.17) is 5.11 Å². The number of rotatable bonds is 5. The van der Waals surface area contributed by atoms with E-state index in [2.05, 4.69) is 10.3 Å². The summed E-state index contributed by atoms with van der Waals surface area (Å²) in [7, 11) is 0. The molecular formula is C15H13N3O4. The van der Waals surface area contributed by atoms with Crippen molar-refractivity contribution in [2.24, 2.45) is 0 Å². The molecule has 2 rings (SSSR count). The molecule has 112 valence electrons. The number of benzene rings is 1. The van der Waals surface area contributed by atoms with Crippen molar-refractivity contribution >= 4 is 24.1 Å². The summed E-state index contributed by atoms with van der Waals surface area (Å²) in [6.07, 6.45) is 3.65. The molecule has 0 aliphatic carbocycles. The van der Waals surface area contributed by atoms with Crippen LogP contribution in [0.1, 0.15) is 16.7 Å². The lowest BCUT2D eigenvalue weighted by atomic mass is 10.1. The van der Waals surface area contributed by atoms with Gasteiger partial charge >= 0.3 is 11.9 Å². The minimum absolute atomic E-state index is 0.193. The number of hydrogen-bond acceptors (Lipinski definition) is 4. The molecule has 0 spiro atoms. The van der Waals surface area contributed by atoms with Crippen molar-refractivity contribution in [3.05, 3.63) is 69.4 Å². The zero-order chi connectivity index (χ0) is 15.9. The average Bonchev–Trinajstić information content (AvgIpc) is 2.52. The monoisotopic (exact) mass is 299 g/mol. The predicted octanol–water partition coefficient (Wildman–Crippen LogP) is 2.93. The van der Waals surface area contributed by atoms with Crippen LogP contribution < -0.4 is 5.32 Å². The first-order valence-electron chi connectivity index (χ1n) is 6.39. The van der Waals surface area contributed by atoms with Crippen LogP contribution in [0.15, 0.2) is 42.6 Å². The van der Waals surface area contributed by atoms with Crippen molar-refractivity contribution in [1.29, 1.82) is 0 Å². The lowest BCUT2D eigenvalue weighted by Gasteiger charge is -2.02. The molecule has 0 radical (unpaired) electrons. The molecule has 0 aliphatic heterocycles. The molecule has 0 unspecified atom stereocenters. The van der Waals surface area contributed by atoms with Crippen molar-refractivity contribution in [1.82, 2.24) is 10.3 Å². The Bertz CT molecular complexity index is 711. The molecule has 0 saturated carbocycles. The summed E-state index contributed by atoms with van der Waals surface area (Å²) in [6, 6.07) is 10.4. The molecule has 0 saturated heterocycles. The molecule has 22 heavy (non-hydrogen) atoms. The molecule has 0 bridgehead atoms. The van der Waals surface area contributed by atoms with Gasteiger partial charge in [0.2, 0.25) is 0 Å². The lowest BCUT2D eigenvalue weighted by molar-refractivity contribution is -0.389. The van der Waals surface area contributed by atoms with Crippen LogP contribution in [0.5, 0.6) is 0 Å². The normalized spacial score (nSPS) is 10.5. The highest BCUT2D eigenvalue weighted by molar-refractivity contribution is 5.72. The number of nitro groups is 1. The van der Waals surface area contributed by atoms with Gasteiger partial charge in [-0.3, -0.25) is 0 Å². The molecule has 0 aliphatic rings. The summed E-state index contributed by atoms with van der Waals surface area (Å²) < 4.78 is 0. The Morgan fingerprint density at radius 1 is 1.27 bits per heavy atom. The Balaban J connectivity index is 2.11. The van der Waals surface area contributed by atoms with Gasteiger partial charge in [-0.2, -0.15) is 0 Å². The molecule has 0 fully saturated rings. The average molecular weight is 299 g/mol. The van der Waals surface area contributed by atoms with Crippen LogP contribution in [0.2, 0.25) is 0 Å². The van der Waals surface area contributed by atoms with Gasteiger partial charge < -0.3 is 20.5 Å². The van der Waals surface area contributed by atoms with E-state index in [0.29, 0.717) is 5.56 Å². The lowest BCUT2D eigenvalue weighted by Crippen LogP contribution is -2.19. The van der Waals surface area contributed by atoms with E-state index in [1.807, 2.05) is 0 Å². The number of hydrogen-bond donors (Lipinski definition) is 2. The van der Waals surface area contributed by atoms with E-state index in [1.165, 1.54) is 6.20 Å². The fourth-order valence-electron chi connectivity index (χ4n) is 1.80. The Kier molecular flexibility index (Phi) is 4.81. The second-order valence-corrected chi connectivity index (χ2v) is 4.41. The third-order valence-corrected chi connectivity index (χ3v) is 2.87. The first-order valence-corrected chi connectivity index (χ1v) is 6.39. The van der Waals surface area contributed by atoms with Gasteiger partial charge in [0.25, 0.3) is 0 Å².